The van der Waals surface area contributed by atoms with Gasteiger partial charge >= 0.3 is 0 Å². The number of carbonyl (C=O) groups is 2. The van der Waals surface area contributed by atoms with E-state index in [1.165, 1.54) is 0 Å². The zero-order valence-electron chi connectivity index (χ0n) is 21.9. The van der Waals surface area contributed by atoms with Crippen molar-refractivity contribution in [3.05, 3.63) is 0 Å². The molecule has 1 N–H and O–H groups in total. The SMILES string of the molecule is CCCCC(C(F)F)C(C)NC(=O)C1CC[C@H]2[C@@H]3CCC4N(C)C(=O)CC[C@]4(C)[C@@H]3CC[C@]12C. The van der Waals surface area contributed by atoms with Crippen LogP contribution in [0.4, 0.5) is 8.78 Å². The highest BCUT2D eigenvalue weighted by atomic mass is 19.3. The van der Waals surface area contributed by atoms with Gasteiger partial charge in [0.2, 0.25) is 18.2 Å². The Labute approximate surface area is 205 Å². The van der Waals surface area contributed by atoms with Gasteiger partial charge in [-0.1, -0.05) is 33.6 Å². The lowest BCUT2D eigenvalue weighted by atomic mass is 9.47. The first kappa shape index (κ1) is 25.9. The van der Waals surface area contributed by atoms with Crippen LogP contribution in [0.15, 0.2) is 0 Å². The minimum absolute atomic E-state index is 0.000919. The molecule has 34 heavy (non-hydrogen) atoms. The quantitative estimate of drug-likeness (QED) is 0.483. The first-order chi connectivity index (χ1) is 16.0. The number of carbonyl (C=O) groups excluding carboxylic acids is 2. The number of nitrogens with zero attached hydrogens (tertiary/aromatic N) is 1. The summed E-state index contributed by atoms with van der Waals surface area (Å²) in [5.41, 5.74) is 0.125. The number of hydrogen-bond donors (Lipinski definition) is 1. The number of fused-ring (bicyclic) bond motifs is 5. The van der Waals surface area contributed by atoms with Crippen molar-refractivity contribution in [3.8, 4) is 0 Å². The molecule has 4 fully saturated rings. The summed E-state index contributed by atoms with van der Waals surface area (Å²) in [7, 11) is 1.99. The molecule has 1 aliphatic heterocycles. The summed E-state index contributed by atoms with van der Waals surface area (Å²) in [6, 6.07) is -0.155. The van der Waals surface area contributed by atoms with Crippen LogP contribution in [0.5, 0.6) is 0 Å². The largest absolute Gasteiger partial charge is 0.353 e. The van der Waals surface area contributed by atoms with Crippen LogP contribution in [0.25, 0.3) is 0 Å². The smallest absolute Gasteiger partial charge is 0.243 e. The van der Waals surface area contributed by atoms with Crippen molar-refractivity contribution in [3.63, 3.8) is 0 Å². The number of piperidine rings is 1. The van der Waals surface area contributed by atoms with Gasteiger partial charge in [0.05, 0.1) is 0 Å². The maximum absolute atomic E-state index is 13.7. The molecule has 0 aromatic carbocycles. The third kappa shape index (κ3) is 4.19. The van der Waals surface area contributed by atoms with Crippen molar-refractivity contribution < 1.29 is 18.4 Å². The van der Waals surface area contributed by atoms with E-state index in [0.717, 1.165) is 57.8 Å². The van der Waals surface area contributed by atoms with Gasteiger partial charge in [-0.15, -0.1) is 0 Å². The zero-order valence-corrected chi connectivity index (χ0v) is 21.9. The zero-order chi connectivity index (χ0) is 24.8. The van der Waals surface area contributed by atoms with Crippen molar-refractivity contribution in [2.24, 2.45) is 40.4 Å². The van der Waals surface area contributed by atoms with Gasteiger partial charge in [0.1, 0.15) is 0 Å². The highest BCUT2D eigenvalue weighted by Gasteiger charge is 2.62. The summed E-state index contributed by atoms with van der Waals surface area (Å²) < 4.78 is 27.4. The Morgan fingerprint density at radius 2 is 1.79 bits per heavy atom. The van der Waals surface area contributed by atoms with Crippen LogP contribution in [0.2, 0.25) is 0 Å². The standard InChI is InChI=1S/C28H46F2N2O2/c1-6-7-8-18(25(29)30)17(2)31-26(34)22-11-10-20-19-9-12-23-28(4,16-14-24(33)32(23)5)21(19)13-15-27(20,22)3/h17-23,25H,6-16H2,1-5H3,(H,31,34)/t17?,18?,19-,20-,21+,22?,23?,27-,28+/m0/s1. The summed E-state index contributed by atoms with van der Waals surface area (Å²) in [5, 5.41) is 3.04. The number of hydrogen-bond acceptors (Lipinski definition) is 2. The second kappa shape index (κ2) is 9.69. The maximum Gasteiger partial charge on any atom is 0.243 e. The van der Waals surface area contributed by atoms with E-state index in [0.29, 0.717) is 36.6 Å². The molecule has 1 saturated heterocycles. The molecule has 6 heteroatoms. The minimum Gasteiger partial charge on any atom is -0.353 e. The number of halogens is 2. The Kier molecular flexibility index (Phi) is 7.37. The summed E-state index contributed by atoms with van der Waals surface area (Å²) in [6.45, 7) is 8.50. The predicted molar refractivity (Wildman–Crippen MR) is 130 cm³/mol. The molecule has 0 aromatic rings. The number of unbranched alkanes of at least 4 members (excludes halogenated alkanes) is 1. The van der Waals surface area contributed by atoms with Crippen molar-refractivity contribution in [2.45, 2.75) is 117 Å². The number of rotatable bonds is 7. The second-order valence-electron chi connectivity index (χ2n) is 12.6. The molecule has 0 aromatic heterocycles. The number of alkyl halides is 2. The highest BCUT2D eigenvalue weighted by Crippen LogP contribution is 2.66. The monoisotopic (exact) mass is 480 g/mol. The molecule has 3 saturated carbocycles. The Bertz CT molecular complexity index is 776. The molecule has 4 aliphatic rings. The van der Waals surface area contributed by atoms with Gasteiger partial charge < -0.3 is 10.2 Å². The minimum atomic E-state index is -2.40. The molecule has 4 unspecified atom stereocenters. The first-order valence-electron chi connectivity index (χ1n) is 13.9. The van der Waals surface area contributed by atoms with Gasteiger partial charge in [0, 0.05) is 37.4 Å². The molecule has 194 valence electrons. The van der Waals surface area contributed by atoms with Crippen LogP contribution in [0.3, 0.4) is 0 Å². The number of nitrogens with one attached hydrogen (secondary N) is 1. The molecular formula is C28H46F2N2O2. The molecule has 4 rings (SSSR count). The van der Waals surface area contributed by atoms with Crippen LogP contribution >= 0.6 is 0 Å². The summed E-state index contributed by atoms with van der Waals surface area (Å²) in [4.78, 5) is 27.8. The lowest BCUT2D eigenvalue weighted by molar-refractivity contribution is -0.159. The van der Waals surface area contributed by atoms with E-state index in [1.54, 1.807) is 6.92 Å². The molecule has 0 bridgehead atoms. The first-order valence-corrected chi connectivity index (χ1v) is 13.9. The van der Waals surface area contributed by atoms with E-state index in [4.69, 9.17) is 0 Å². The molecule has 4 nitrogen and oxygen atoms in total. The van der Waals surface area contributed by atoms with Gasteiger partial charge in [-0.25, -0.2) is 8.78 Å². The van der Waals surface area contributed by atoms with Gasteiger partial charge in [-0.05, 0) is 86.9 Å². The summed E-state index contributed by atoms with van der Waals surface area (Å²) in [6.07, 6.45) is 7.62. The fourth-order valence-electron chi connectivity index (χ4n) is 9.05. The van der Waals surface area contributed by atoms with Crippen molar-refractivity contribution >= 4 is 11.8 Å². The third-order valence-corrected chi connectivity index (χ3v) is 11.1. The molecule has 1 heterocycles. The summed E-state index contributed by atoms with van der Waals surface area (Å²) >= 11 is 0. The topological polar surface area (TPSA) is 49.4 Å². The van der Waals surface area contributed by atoms with E-state index in [1.807, 2.05) is 18.9 Å². The van der Waals surface area contributed by atoms with E-state index in [9.17, 15) is 18.4 Å². The lowest BCUT2D eigenvalue weighted by Crippen LogP contribution is -2.61. The van der Waals surface area contributed by atoms with E-state index >= 15 is 0 Å². The van der Waals surface area contributed by atoms with Crippen LogP contribution in [0, 0.1) is 40.4 Å². The van der Waals surface area contributed by atoms with Gasteiger partial charge in [0.15, 0.2) is 0 Å². The average Bonchev–Trinajstić information content (AvgIpc) is 3.14. The lowest BCUT2D eigenvalue weighted by Gasteiger charge is -2.61. The van der Waals surface area contributed by atoms with Crippen LogP contribution in [-0.2, 0) is 9.59 Å². The Hall–Kier alpha value is -1.20. The van der Waals surface area contributed by atoms with Crippen LogP contribution < -0.4 is 5.32 Å². The number of likely N-dealkylation sites (tertiary alicyclic amines) is 1. The molecule has 9 atom stereocenters. The van der Waals surface area contributed by atoms with E-state index in [-0.39, 0.29) is 28.6 Å². The summed E-state index contributed by atoms with van der Waals surface area (Å²) in [5.74, 6) is 1.17. The Morgan fingerprint density at radius 3 is 2.47 bits per heavy atom. The maximum atomic E-state index is 13.7. The molecular weight excluding hydrogens is 434 g/mol. The van der Waals surface area contributed by atoms with Crippen molar-refractivity contribution in [2.75, 3.05) is 7.05 Å². The predicted octanol–water partition coefficient (Wildman–Crippen LogP) is 6.04. The average molecular weight is 481 g/mol. The van der Waals surface area contributed by atoms with Crippen LogP contribution in [-0.4, -0.2) is 42.3 Å². The van der Waals surface area contributed by atoms with Crippen molar-refractivity contribution in [1.82, 2.24) is 10.2 Å². The third-order valence-electron chi connectivity index (χ3n) is 11.1. The van der Waals surface area contributed by atoms with Crippen molar-refractivity contribution in [1.29, 1.82) is 0 Å². The second-order valence-corrected chi connectivity index (χ2v) is 12.6. The molecule has 2 amide bonds. The van der Waals surface area contributed by atoms with Gasteiger partial charge in [-0.3, -0.25) is 9.59 Å². The molecule has 0 spiro atoms. The van der Waals surface area contributed by atoms with E-state index < -0.39 is 18.4 Å². The normalized spacial score (nSPS) is 41.5. The fourth-order valence-corrected chi connectivity index (χ4v) is 9.05. The molecule has 3 aliphatic carbocycles. The Morgan fingerprint density at radius 1 is 1.09 bits per heavy atom. The van der Waals surface area contributed by atoms with Crippen LogP contribution in [0.1, 0.15) is 98.3 Å². The van der Waals surface area contributed by atoms with Gasteiger partial charge in [0.25, 0.3) is 0 Å². The van der Waals surface area contributed by atoms with Gasteiger partial charge in [-0.2, -0.15) is 0 Å². The highest BCUT2D eigenvalue weighted by molar-refractivity contribution is 5.80. The molecule has 0 radical (unpaired) electrons. The fraction of sp³-hybridized carbons (Fsp3) is 0.929. The van der Waals surface area contributed by atoms with E-state index in [2.05, 4.69) is 19.2 Å². The number of amides is 2. The Balaban J connectivity index is 1.46.